The molecule has 1 amide bonds. The van der Waals surface area contributed by atoms with Crippen molar-refractivity contribution in [3.63, 3.8) is 0 Å². The molecule has 6 nitrogen and oxygen atoms in total. The monoisotopic (exact) mass is 277 g/mol. The summed E-state index contributed by atoms with van der Waals surface area (Å²) in [5, 5.41) is 7.54. The Bertz CT molecular complexity index is 492. The highest BCUT2D eigenvalue weighted by Gasteiger charge is 2.32. The van der Waals surface area contributed by atoms with Crippen LogP contribution in [0.2, 0.25) is 0 Å². The second kappa shape index (κ2) is 5.54. The summed E-state index contributed by atoms with van der Waals surface area (Å²) in [5.74, 6) is 0.133. The lowest BCUT2D eigenvalue weighted by molar-refractivity contribution is 0.0772. The Morgan fingerprint density at radius 1 is 1.35 bits per heavy atom. The third-order valence-corrected chi connectivity index (χ3v) is 4.58. The van der Waals surface area contributed by atoms with Gasteiger partial charge in [0.05, 0.1) is 11.8 Å². The minimum Gasteiger partial charge on any atom is -0.337 e. The molecule has 2 aliphatic rings. The Balaban J connectivity index is 1.64. The highest BCUT2D eigenvalue weighted by Crippen LogP contribution is 2.19. The van der Waals surface area contributed by atoms with Crippen LogP contribution in [0.15, 0.2) is 6.20 Å². The first kappa shape index (κ1) is 13.6. The maximum absolute atomic E-state index is 12.6. The molecule has 1 aromatic rings. The van der Waals surface area contributed by atoms with E-state index in [1.54, 1.807) is 10.9 Å². The molecule has 3 rings (SSSR count). The van der Waals surface area contributed by atoms with Gasteiger partial charge >= 0.3 is 0 Å². The molecule has 110 valence electrons. The number of aryl methyl sites for hydroxylation is 1. The van der Waals surface area contributed by atoms with Crippen LogP contribution < -0.4 is 5.32 Å². The minimum atomic E-state index is 0.133. The van der Waals surface area contributed by atoms with Crippen LogP contribution >= 0.6 is 0 Å². The minimum absolute atomic E-state index is 0.133. The fraction of sp³-hybridized carbons (Fsp3) is 0.714. The molecule has 6 heteroatoms. The van der Waals surface area contributed by atoms with E-state index in [0.717, 1.165) is 56.9 Å². The first-order valence-corrected chi connectivity index (χ1v) is 7.39. The summed E-state index contributed by atoms with van der Waals surface area (Å²) in [6.45, 7) is 7.98. The Morgan fingerprint density at radius 2 is 2.10 bits per heavy atom. The molecule has 0 saturated carbocycles. The zero-order valence-corrected chi connectivity index (χ0v) is 12.3. The second-order valence-corrected chi connectivity index (χ2v) is 5.75. The number of nitrogens with one attached hydrogen (secondary N) is 1. The lowest BCUT2D eigenvalue weighted by atomic mass is 10.2. The zero-order valence-electron chi connectivity index (χ0n) is 12.3. The number of nitrogens with zero attached hydrogens (tertiary/aromatic N) is 4. The van der Waals surface area contributed by atoms with E-state index in [4.69, 9.17) is 0 Å². The highest BCUT2D eigenvalue weighted by molar-refractivity contribution is 5.95. The predicted molar refractivity (Wildman–Crippen MR) is 76.7 cm³/mol. The van der Waals surface area contributed by atoms with Gasteiger partial charge in [-0.2, -0.15) is 5.10 Å². The topological polar surface area (TPSA) is 53.4 Å². The quantitative estimate of drug-likeness (QED) is 0.817. The molecule has 2 fully saturated rings. The van der Waals surface area contributed by atoms with Gasteiger partial charge in [0.1, 0.15) is 0 Å². The van der Waals surface area contributed by atoms with E-state index in [-0.39, 0.29) is 5.91 Å². The van der Waals surface area contributed by atoms with Gasteiger partial charge in [0.15, 0.2) is 0 Å². The summed E-state index contributed by atoms with van der Waals surface area (Å²) in [5.41, 5.74) is 1.69. The summed E-state index contributed by atoms with van der Waals surface area (Å²) in [6.07, 6.45) is 2.78. The largest absolute Gasteiger partial charge is 0.337 e. The lowest BCUT2D eigenvalue weighted by Crippen LogP contribution is -2.49. The van der Waals surface area contributed by atoms with Crippen molar-refractivity contribution in [3.05, 3.63) is 17.5 Å². The first-order valence-electron chi connectivity index (χ1n) is 7.39. The Labute approximate surface area is 119 Å². The Hall–Kier alpha value is -1.40. The first-order chi connectivity index (χ1) is 9.66. The number of rotatable bonds is 2. The van der Waals surface area contributed by atoms with Crippen molar-refractivity contribution in [3.8, 4) is 0 Å². The summed E-state index contributed by atoms with van der Waals surface area (Å²) in [6, 6.07) is 0.526. The number of hydrogen-bond acceptors (Lipinski definition) is 4. The van der Waals surface area contributed by atoms with E-state index in [9.17, 15) is 4.79 Å². The number of hydrogen-bond donors (Lipinski definition) is 1. The van der Waals surface area contributed by atoms with E-state index in [1.807, 2.05) is 18.9 Å². The molecular weight excluding hydrogens is 254 g/mol. The molecular formula is C14H23N5O. The van der Waals surface area contributed by atoms with Crippen molar-refractivity contribution in [2.75, 3.05) is 39.3 Å². The van der Waals surface area contributed by atoms with Crippen LogP contribution in [0.25, 0.3) is 0 Å². The summed E-state index contributed by atoms with van der Waals surface area (Å²) < 4.78 is 1.76. The molecule has 0 bridgehead atoms. The van der Waals surface area contributed by atoms with Crippen molar-refractivity contribution in [1.29, 1.82) is 0 Å². The SMILES string of the molecule is Cc1c(C(=O)N2CCC(N3CCNCC3)C2)cnn1C. The number of piperazine rings is 1. The third-order valence-electron chi connectivity index (χ3n) is 4.58. The number of likely N-dealkylation sites (tertiary alicyclic amines) is 1. The van der Waals surface area contributed by atoms with Gasteiger partial charge in [-0.3, -0.25) is 14.4 Å². The Morgan fingerprint density at radius 3 is 2.75 bits per heavy atom. The van der Waals surface area contributed by atoms with Crippen LogP contribution in [0.4, 0.5) is 0 Å². The highest BCUT2D eigenvalue weighted by atomic mass is 16.2. The van der Waals surface area contributed by atoms with Gasteiger partial charge in [0, 0.05) is 58.1 Å². The summed E-state index contributed by atoms with van der Waals surface area (Å²) in [4.78, 5) is 17.0. The van der Waals surface area contributed by atoms with E-state index in [1.165, 1.54) is 0 Å². The van der Waals surface area contributed by atoms with E-state index in [2.05, 4.69) is 15.3 Å². The second-order valence-electron chi connectivity index (χ2n) is 5.75. The van der Waals surface area contributed by atoms with E-state index in [0.29, 0.717) is 6.04 Å². The van der Waals surface area contributed by atoms with Crippen molar-refractivity contribution in [2.24, 2.45) is 7.05 Å². The standard InChI is InChI=1S/C14H23N5O/c1-11-13(9-16-17(11)2)14(20)19-6-3-12(10-19)18-7-4-15-5-8-18/h9,12,15H,3-8,10H2,1-2H3. The normalized spacial score (nSPS) is 24.3. The molecule has 0 aromatic carbocycles. The summed E-state index contributed by atoms with van der Waals surface area (Å²) in [7, 11) is 1.87. The molecule has 0 spiro atoms. The molecule has 1 aromatic heterocycles. The van der Waals surface area contributed by atoms with Gasteiger partial charge in [-0.15, -0.1) is 0 Å². The van der Waals surface area contributed by atoms with Crippen LogP contribution in [0.5, 0.6) is 0 Å². The number of carbonyl (C=O) groups excluding carboxylic acids is 1. The smallest absolute Gasteiger partial charge is 0.257 e. The lowest BCUT2D eigenvalue weighted by Gasteiger charge is -2.32. The number of amides is 1. The van der Waals surface area contributed by atoms with Crippen LogP contribution in [0.3, 0.4) is 0 Å². The molecule has 1 atom stereocenters. The average molecular weight is 277 g/mol. The van der Waals surface area contributed by atoms with E-state index >= 15 is 0 Å². The molecule has 20 heavy (non-hydrogen) atoms. The van der Waals surface area contributed by atoms with Crippen LogP contribution in [-0.4, -0.2) is 70.8 Å². The van der Waals surface area contributed by atoms with Crippen molar-refractivity contribution < 1.29 is 4.79 Å². The van der Waals surface area contributed by atoms with Gasteiger partial charge in [-0.05, 0) is 13.3 Å². The molecule has 2 saturated heterocycles. The molecule has 0 aliphatic carbocycles. The van der Waals surface area contributed by atoms with Crippen molar-refractivity contribution in [2.45, 2.75) is 19.4 Å². The molecule has 2 aliphatic heterocycles. The van der Waals surface area contributed by atoms with Crippen LogP contribution in [-0.2, 0) is 7.05 Å². The molecule has 0 radical (unpaired) electrons. The number of carbonyl (C=O) groups is 1. The zero-order chi connectivity index (χ0) is 14.1. The van der Waals surface area contributed by atoms with Crippen LogP contribution in [0.1, 0.15) is 22.5 Å². The maximum Gasteiger partial charge on any atom is 0.257 e. The molecule has 1 unspecified atom stereocenters. The third kappa shape index (κ3) is 2.45. The predicted octanol–water partition coefficient (Wildman–Crippen LogP) is -0.152. The van der Waals surface area contributed by atoms with Crippen LogP contribution in [0, 0.1) is 6.92 Å². The number of aromatic nitrogens is 2. The maximum atomic E-state index is 12.6. The van der Waals surface area contributed by atoms with Gasteiger partial charge in [0.25, 0.3) is 5.91 Å². The van der Waals surface area contributed by atoms with Gasteiger partial charge < -0.3 is 10.2 Å². The average Bonchev–Trinajstić information content (AvgIpc) is 3.08. The molecule has 3 heterocycles. The van der Waals surface area contributed by atoms with Gasteiger partial charge in [-0.1, -0.05) is 0 Å². The molecule has 1 N–H and O–H groups in total. The fourth-order valence-electron chi connectivity index (χ4n) is 3.15. The van der Waals surface area contributed by atoms with Crippen molar-refractivity contribution >= 4 is 5.91 Å². The van der Waals surface area contributed by atoms with E-state index < -0.39 is 0 Å². The Kier molecular flexibility index (Phi) is 3.76. The van der Waals surface area contributed by atoms with Crippen molar-refractivity contribution in [1.82, 2.24) is 24.9 Å². The summed E-state index contributed by atoms with van der Waals surface area (Å²) >= 11 is 0. The fourth-order valence-corrected chi connectivity index (χ4v) is 3.15. The van der Waals surface area contributed by atoms with Gasteiger partial charge in [-0.25, -0.2) is 0 Å². The van der Waals surface area contributed by atoms with Gasteiger partial charge in [0.2, 0.25) is 0 Å².